The van der Waals surface area contributed by atoms with Crippen LogP contribution in [0.15, 0.2) is 30.5 Å². The van der Waals surface area contributed by atoms with Crippen LogP contribution >= 0.6 is 23.2 Å². The molecule has 0 unspecified atom stereocenters. The average molecular weight is 327 g/mol. The molecule has 1 saturated carbocycles. The molecule has 0 aliphatic heterocycles. The average Bonchev–Trinajstić information content (AvgIpc) is 3.26. The monoisotopic (exact) mass is 326 g/mol. The van der Waals surface area contributed by atoms with Crippen LogP contribution in [0.1, 0.15) is 18.4 Å². The van der Waals surface area contributed by atoms with Gasteiger partial charge in [-0.15, -0.1) is 0 Å². The number of benzene rings is 1. The number of hydrogen-bond acceptors (Lipinski definition) is 3. The lowest BCUT2D eigenvalue weighted by Gasteiger charge is -2.09. The quantitative estimate of drug-likeness (QED) is 0.873. The summed E-state index contributed by atoms with van der Waals surface area (Å²) in [5.41, 5.74) is 0.990. The molecule has 1 aliphatic carbocycles. The normalized spacial score (nSPS) is 14.2. The minimum Gasteiger partial charge on any atom is -0.436 e. The maximum atomic E-state index is 13.0. The molecule has 3 rings (SSSR count). The molecule has 0 amide bonds. The summed E-state index contributed by atoms with van der Waals surface area (Å²) < 4.78 is 18.5. The van der Waals surface area contributed by atoms with Gasteiger partial charge in [-0.3, -0.25) is 0 Å². The highest BCUT2D eigenvalue weighted by molar-refractivity contribution is 6.32. The van der Waals surface area contributed by atoms with Crippen LogP contribution in [0.2, 0.25) is 10.0 Å². The van der Waals surface area contributed by atoms with E-state index in [2.05, 4.69) is 10.3 Å². The fourth-order valence-electron chi connectivity index (χ4n) is 1.85. The van der Waals surface area contributed by atoms with E-state index >= 15 is 0 Å². The third kappa shape index (κ3) is 3.84. The van der Waals surface area contributed by atoms with Crippen molar-refractivity contribution in [1.29, 1.82) is 0 Å². The highest BCUT2D eigenvalue weighted by atomic mass is 35.5. The molecule has 3 nitrogen and oxygen atoms in total. The lowest BCUT2D eigenvalue weighted by molar-refractivity contribution is 0.461. The van der Waals surface area contributed by atoms with Crippen molar-refractivity contribution in [3.63, 3.8) is 0 Å². The first-order valence-electron chi connectivity index (χ1n) is 6.62. The molecule has 1 fully saturated rings. The largest absolute Gasteiger partial charge is 0.436 e. The fourth-order valence-corrected chi connectivity index (χ4v) is 2.28. The van der Waals surface area contributed by atoms with Gasteiger partial charge in [0.25, 0.3) is 0 Å². The van der Waals surface area contributed by atoms with Gasteiger partial charge in [0.1, 0.15) is 16.6 Å². The van der Waals surface area contributed by atoms with E-state index in [1.807, 2.05) is 0 Å². The third-order valence-corrected chi connectivity index (χ3v) is 3.70. The van der Waals surface area contributed by atoms with Gasteiger partial charge in [-0.1, -0.05) is 23.2 Å². The second kappa shape index (κ2) is 6.18. The van der Waals surface area contributed by atoms with Crippen LogP contribution in [0, 0.1) is 5.82 Å². The van der Waals surface area contributed by atoms with E-state index in [1.54, 1.807) is 12.3 Å². The Hall–Kier alpha value is -1.36. The van der Waals surface area contributed by atoms with Crippen molar-refractivity contribution >= 4 is 23.2 Å². The Morgan fingerprint density at radius 3 is 2.71 bits per heavy atom. The number of aromatic nitrogens is 1. The zero-order valence-electron chi connectivity index (χ0n) is 11.1. The van der Waals surface area contributed by atoms with E-state index in [-0.39, 0.29) is 10.9 Å². The second-order valence-corrected chi connectivity index (χ2v) is 5.78. The molecule has 21 heavy (non-hydrogen) atoms. The Balaban J connectivity index is 1.72. The van der Waals surface area contributed by atoms with Gasteiger partial charge in [0.15, 0.2) is 0 Å². The van der Waals surface area contributed by atoms with Crippen LogP contribution in [0.25, 0.3) is 0 Å². The summed E-state index contributed by atoms with van der Waals surface area (Å²) in [6.07, 6.45) is 4.16. The standard InChI is InChI=1S/C15H13Cl2FN2O/c16-12-6-10(18)1-4-14(12)21-15-13(17)5-9(8-20-15)7-19-11-2-3-11/h1,4-6,8,11,19H,2-3,7H2. The lowest BCUT2D eigenvalue weighted by Crippen LogP contribution is -2.15. The van der Waals surface area contributed by atoms with Crippen molar-refractivity contribution in [1.82, 2.24) is 10.3 Å². The number of ether oxygens (including phenoxy) is 1. The van der Waals surface area contributed by atoms with Crippen molar-refractivity contribution in [2.45, 2.75) is 25.4 Å². The van der Waals surface area contributed by atoms with E-state index in [1.165, 1.54) is 31.0 Å². The first-order valence-corrected chi connectivity index (χ1v) is 7.38. The fraction of sp³-hybridized carbons (Fsp3) is 0.267. The van der Waals surface area contributed by atoms with Gasteiger partial charge in [0, 0.05) is 18.8 Å². The third-order valence-electron chi connectivity index (χ3n) is 3.14. The van der Waals surface area contributed by atoms with Crippen LogP contribution in [0.3, 0.4) is 0 Å². The summed E-state index contributed by atoms with van der Waals surface area (Å²) in [5, 5.41) is 3.95. The van der Waals surface area contributed by atoms with E-state index in [0.717, 1.165) is 12.1 Å². The number of hydrogen-bond donors (Lipinski definition) is 1. The van der Waals surface area contributed by atoms with E-state index in [0.29, 0.717) is 16.8 Å². The molecule has 0 bridgehead atoms. The minimum absolute atomic E-state index is 0.173. The summed E-state index contributed by atoms with van der Waals surface area (Å²) in [6, 6.07) is 6.31. The second-order valence-electron chi connectivity index (χ2n) is 4.96. The van der Waals surface area contributed by atoms with Gasteiger partial charge in [0.2, 0.25) is 5.88 Å². The number of nitrogens with zero attached hydrogens (tertiary/aromatic N) is 1. The highest BCUT2D eigenvalue weighted by Crippen LogP contribution is 2.32. The van der Waals surface area contributed by atoms with Crippen molar-refractivity contribution in [2.75, 3.05) is 0 Å². The molecule has 0 saturated heterocycles. The highest BCUT2D eigenvalue weighted by Gasteiger charge is 2.20. The molecule has 0 radical (unpaired) electrons. The molecule has 6 heteroatoms. The smallest absolute Gasteiger partial charge is 0.238 e. The summed E-state index contributed by atoms with van der Waals surface area (Å²) in [6.45, 7) is 0.731. The Labute approximate surface area is 132 Å². The predicted octanol–water partition coefficient (Wildman–Crippen LogP) is 4.57. The summed E-state index contributed by atoms with van der Waals surface area (Å²) in [5.74, 6) is 0.143. The summed E-state index contributed by atoms with van der Waals surface area (Å²) in [4.78, 5) is 4.19. The summed E-state index contributed by atoms with van der Waals surface area (Å²) in [7, 11) is 0. The molecule has 1 N–H and O–H groups in total. The molecule has 2 aromatic rings. The number of pyridine rings is 1. The van der Waals surface area contributed by atoms with Gasteiger partial charge in [0.05, 0.1) is 5.02 Å². The maximum Gasteiger partial charge on any atom is 0.238 e. The van der Waals surface area contributed by atoms with Gasteiger partial charge in [-0.2, -0.15) is 0 Å². The van der Waals surface area contributed by atoms with Crippen molar-refractivity contribution < 1.29 is 9.13 Å². The molecule has 1 aromatic carbocycles. The van der Waals surface area contributed by atoms with Crippen LogP contribution in [-0.2, 0) is 6.54 Å². The van der Waals surface area contributed by atoms with E-state index in [4.69, 9.17) is 27.9 Å². The van der Waals surface area contributed by atoms with Crippen LogP contribution in [-0.4, -0.2) is 11.0 Å². The van der Waals surface area contributed by atoms with Crippen molar-refractivity contribution in [2.24, 2.45) is 0 Å². The molecule has 0 spiro atoms. The number of rotatable bonds is 5. The Bertz CT molecular complexity index is 662. The molecule has 1 aliphatic rings. The molecular formula is C15H13Cl2FN2O. The van der Waals surface area contributed by atoms with Crippen molar-refractivity contribution in [3.05, 3.63) is 51.9 Å². The van der Waals surface area contributed by atoms with E-state index in [9.17, 15) is 4.39 Å². The van der Waals surface area contributed by atoms with Gasteiger partial charge in [-0.25, -0.2) is 9.37 Å². The molecular weight excluding hydrogens is 314 g/mol. The van der Waals surface area contributed by atoms with Crippen LogP contribution in [0.5, 0.6) is 11.6 Å². The van der Waals surface area contributed by atoms with Gasteiger partial charge >= 0.3 is 0 Å². The Morgan fingerprint density at radius 1 is 1.24 bits per heavy atom. The minimum atomic E-state index is -0.423. The number of halogens is 3. The summed E-state index contributed by atoms with van der Waals surface area (Å²) >= 11 is 12.1. The topological polar surface area (TPSA) is 34.1 Å². The Kier molecular flexibility index (Phi) is 4.29. The first kappa shape index (κ1) is 14.6. The van der Waals surface area contributed by atoms with Gasteiger partial charge in [-0.05, 0) is 42.7 Å². The molecule has 1 heterocycles. The SMILES string of the molecule is Fc1ccc(Oc2ncc(CNC3CC3)cc2Cl)c(Cl)c1. The zero-order chi connectivity index (χ0) is 14.8. The van der Waals surface area contributed by atoms with Crippen LogP contribution < -0.4 is 10.1 Å². The van der Waals surface area contributed by atoms with E-state index < -0.39 is 5.82 Å². The number of nitrogens with one attached hydrogen (secondary N) is 1. The molecule has 110 valence electrons. The first-order chi connectivity index (χ1) is 10.1. The Morgan fingerprint density at radius 2 is 2.05 bits per heavy atom. The lowest BCUT2D eigenvalue weighted by atomic mass is 10.3. The molecule has 1 aromatic heterocycles. The molecule has 0 atom stereocenters. The zero-order valence-corrected chi connectivity index (χ0v) is 12.6. The van der Waals surface area contributed by atoms with Gasteiger partial charge < -0.3 is 10.1 Å². The predicted molar refractivity (Wildman–Crippen MR) is 80.6 cm³/mol. The van der Waals surface area contributed by atoms with Crippen molar-refractivity contribution in [3.8, 4) is 11.6 Å². The maximum absolute atomic E-state index is 13.0. The van der Waals surface area contributed by atoms with Crippen LogP contribution in [0.4, 0.5) is 4.39 Å².